The van der Waals surface area contributed by atoms with Gasteiger partial charge in [-0.25, -0.2) is 5.01 Å². The van der Waals surface area contributed by atoms with Crippen LogP contribution in [0, 0.1) is 13.8 Å². The molecule has 0 atom stereocenters. The maximum Gasteiger partial charge on any atom is 0.256 e. The molecule has 2 amide bonds. The number of nitrogens with zero attached hydrogens (tertiary/aromatic N) is 5. The Morgan fingerprint density at radius 1 is 1.17 bits per heavy atom. The first-order valence-corrected chi connectivity index (χ1v) is 13.2. The second-order valence-corrected chi connectivity index (χ2v) is 10.2. The molecule has 36 heavy (non-hydrogen) atoms. The van der Waals surface area contributed by atoms with Gasteiger partial charge in [-0.3, -0.25) is 14.6 Å². The number of carbonyl (C=O) groups is 2. The number of rotatable bonds is 11. The first kappa shape index (κ1) is 25.8. The van der Waals surface area contributed by atoms with E-state index >= 15 is 0 Å². The number of fused-ring (bicyclic) bond motifs is 1. The number of thiophene rings is 1. The number of benzene rings is 1. The first-order chi connectivity index (χ1) is 17.4. The predicted molar refractivity (Wildman–Crippen MR) is 140 cm³/mol. The molecule has 3 heterocycles. The van der Waals surface area contributed by atoms with Gasteiger partial charge in [0.1, 0.15) is 0 Å². The Morgan fingerprint density at radius 3 is 2.72 bits per heavy atom. The van der Waals surface area contributed by atoms with Crippen LogP contribution in [0.5, 0.6) is 0 Å². The Balaban J connectivity index is 1.53. The van der Waals surface area contributed by atoms with Gasteiger partial charge >= 0.3 is 0 Å². The van der Waals surface area contributed by atoms with Gasteiger partial charge < -0.3 is 14.7 Å². The molecule has 1 aromatic carbocycles. The summed E-state index contributed by atoms with van der Waals surface area (Å²) in [6, 6.07) is 7.91. The largest absolute Gasteiger partial charge is 0.355 e. The van der Waals surface area contributed by atoms with Crippen molar-refractivity contribution in [1.29, 1.82) is 0 Å². The number of carbonyl (C=O) groups excluding carboxylic acids is 2. The Kier molecular flexibility index (Phi) is 8.37. The molecule has 0 bridgehead atoms. The summed E-state index contributed by atoms with van der Waals surface area (Å²) in [7, 11) is 1.80. The topological polar surface area (TPSA) is 94.8 Å². The van der Waals surface area contributed by atoms with Crippen molar-refractivity contribution in [1.82, 2.24) is 25.5 Å². The summed E-state index contributed by atoms with van der Waals surface area (Å²) in [4.78, 5) is 33.7. The summed E-state index contributed by atoms with van der Waals surface area (Å²) in [6.07, 6.45) is 3.10. The van der Waals surface area contributed by atoms with Crippen LogP contribution in [-0.4, -0.2) is 58.7 Å². The molecule has 0 radical (unpaired) electrons. The van der Waals surface area contributed by atoms with Gasteiger partial charge in [0, 0.05) is 43.2 Å². The Hall–Kier alpha value is -3.24. The molecule has 10 heteroatoms. The zero-order valence-electron chi connectivity index (χ0n) is 21.4. The predicted octanol–water partition coefficient (Wildman–Crippen LogP) is 3.92. The number of nitrogens with one attached hydrogen (secondary N) is 1. The Labute approximate surface area is 216 Å². The SMILES string of the molecule is CCCCCNC(=O)CN(CC(=O)N(C)N1Cc2ccsc2C1)c1cc(-c2noc(C)n2)ccc1C. The summed E-state index contributed by atoms with van der Waals surface area (Å²) in [5.74, 6) is 0.769. The quantitative estimate of drug-likeness (QED) is 0.391. The van der Waals surface area contributed by atoms with Crippen molar-refractivity contribution in [3.8, 4) is 11.4 Å². The first-order valence-electron chi connectivity index (χ1n) is 12.3. The molecule has 192 valence electrons. The van der Waals surface area contributed by atoms with E-state index in [2.05, 4.69) is 33.8 Å². The molecule has 0 saturated carbocycles. The van der Waals surface area contributed by atoms with E-state index in [0.717, 1.165) is 42.6 Å². The molecule has 1 aliphatic heterocycles. The number of aromatic nitrogens is 2. The normalized spacial score (nSPS) is 13.0. The van der Waals surface area contributed by atoms with Gasteiger partial charge in [0.2, 0.25) is 17.6 Å². The smallest absolute Gasteiger partial charge is 0.256 e. The summed E-state index contributed by atoms with van der Waals surface area (Å²) >= 11 is 1.72. The van der Waals surface area contributed by atoms with E-state index < -0.39 is 0 Å². The van der Waals surface area contributed by atoms with Crippen LogP contribution in [0.2, 0.25) is 0 Å². The minimum absolute atomic E-state index is 0.0680. The van der Waals surface area contributed by atoms with Crippen LogP contribution in [0.1, 0.15) is 48.1 Å². The third-order valence-electron chi connectivity index (χ3n) is 6.40. The van der Waals surface area contributed by atoms with Crippen molar-refractivity contribution in [2.75, 3.05) is 31.6 Å². The number of hydrogen-bond donors (Lipinski definition) is 1. The van der Waals surface area contributed by atoms with Crippen LogP contribution >= 0.6 is 11.3 Å². The number of hydrogen-bond acceptors (Lipinski definition) is 8. The van der Waals surface area contributed by atoms with Gasteiger partial charge in [-0.05, 0) is 42.0 Å². The van der Waals surface area contributed by atoms with Gasteiger partial charge in [0.25, 0.3) is 5.91 Å². The third kappa shape index (κ3) is 6.11. The van der Waals surface area contributed by atoms with E-state index in [1.54, 1.807) is 30.3 Å². The Morgan fingerprint density at radius 2 is 2.00 bits per heavy atom. The molecule has 0 unspecified atom stereocenters. The number of anilines is 1. The van der Waals surface area contributed by atoms with Gasteiger partial charge in [-0.15, -0.1) is 11.3 Å². The monoisotopic (exact) mass is 510 g/mol. The molecular formula is C26H34N6O3S. The molecule has 0 aliphatic carbocycles. The minimum atomic E-state index is -0.106. The minimum Gasteiger partial charge on any atom is -0.355 e. The molecule has 0 saturated heterocycles. The highest BCUT2D eigenvalue weighted by atomic mass is 32.1. The van der Waals surface area contributed by atoms with Crippen molar-refractivity contribution in [3.63, 3.8) is 0 Å². The van der Waals surface area contributed by atoms with Crippen LogP contribution in [0.3, 0.4) is 0 Å². The molecule has 4 rings (SSSR count). The number of aryl methyl sites for hydroxylation is 2. The lowest BCUT2D eigenvalue weighted by Gasteiger charge is -2.32. The lowest BCUT2D eigenvalue weighted by Crippen LogP contribution is -2.48. The fourth-order valence-corrected chi connectivity index (χ4v) is 5.17. The molecule has 2 aromatic heterocycles. The van der Waals surface area contributed by atoms with E-state index in [9.17, 15) is 9.59 Å². The van der Waals surface area contributed by atoms with E-state index in [0.29, 0.717) is 24.8 Å². The fraction of sp³-hybridized carbons (Fsp3) is 0.462. The molecule has 1 aliphatic rings. The fourth-order valence-electron chi connectivity index (χ4n) is 4.26. The molecular weight excluding hydrogens is 476 g/mol. The number of unbranched alkanes of at least 4 members (excludes halogenated alkanes) is 2. The number of likely N-dealkylation sites (N-methyl/N-ethyl adjacent to an activating group) is 1. The summed E-state index contributed by atoms with van der Waals surface area (Å²) in [5.41, 5.74) is 3.78. The van der Waals surface area contributed by atoms with Gasteiger partial charge in [-0.2, -0.15) is 4.98 Å². The highest BCUT2D eigenvalue weighted by Crippen LogP contribution is 2.29. The molecule has 9 nitrogen and oxygen atoms in total. The van der Waals surface area contributed by atoms with Crippen LogP contribution in [0.4, 0.5) is 5.69 Å². The molecule has 1 N–H and O–H groups in total. The van der Waals surface area contributed by atoms with Crippen molar-refractivity contribution in [3.05, 3.63) is 51.5 Å². The van der Waals surface area contributed by atoms with E-state index in [1.807, 2.05) is 35.0 Å². The van der Waals surface area contributed by atoms with Crippen LogP contribution in [-0.2, 0) is 22.7 Å². The second kappa shape index (κ2) is 11.7. The van der Waals surface area contributed by atoms with Gasteiger partial charge in [0.15, 0.2) is 0 Å². The molecule has 3 aromatic rings. The average Bonchev–Trinajstić information content (AvgIpc) is 3.58. The third-order valence-corrected chi connectivity index (χ3v) is 7.35. The maximum absolute atomic E-state index is 13.4. The van der Waals surface area contributed by atoms with E-state index in [-0.39, 0.29) is 24.9 Å². The van der Waals surface area contributed by atoms with E-state index in [4.69, 9.17) is 4.52 Å². The summed E-state index contributed by atoms with van der Waals surface area (Å²) in [5, 5.41) is 12.8. The van der Waals surface area contributed by atoms with E-state index in [1.165, 1.54) is 10.4 Å². The van der Waals surface area contributed by atoms with Gasteiger partial charge in [-0.1, -0.05) is 37.1 Å². The lowest BCUT2D eigenvalue weighted by atomic mass is 10.1. The molecule has 0 fully saturated rings. The highest BCUT2D eigenvalue weighted by molar-refractivity contribution is 7.10. The van der Waals surface area contributed by atoms with Crippen molar-refractivity contribution < 1.29 is 14.1 Å². The molecule has 0 spiro atoms. The number of hydrazine groups is 1. The van der Waals surface area contributed by atoms with Crippen LogP contribution in [0.15, 0.2) is 34.2 Å². The standard InChI is InChI=1S/C26H34N6O3S/c1-5-6-7-11-27-24(33)16-31(17-25(34)30(4)32-14-21-10-12-36-23(21)15-32)22-13-20(9-8-18(22)2)26-28-19(3)35-29-26/h8-10,12-13H,5-7,11,14-17H2,1-4H3,(H,27,33). The highest BCUT2D eigenvalue weighted by Gasteiger charge is 2.28. The maximum atomic E-state index is 13.4. The summed E-state index contributed by atoms with van der Waals surface area (Å²) in [6.45, 7) is 8.06. The lowest BCUT2D eigenvalue weighted by molar-refractivity contribution is -0.145. The van der Waals surface area contributed by atoms with Crippen molar-refractivity contribution in [2.45, 2.75) is 53.1 Å². The zero-order chi connectivity index (χ0) is 25.7. The average molecular weight is 511 g/mol. The second-order valence-electron chi connectivity index (χ2n) is 9.16. The zero-order valence-corrected chi connectivity index (χ0v) is 22.2. The number of amides is 2. The van der Waals surface area contributed by atoms with Gasteiger partial charge in [0.05, 0.1) is 19.6 Å². The van der Waals surface area contributed by atoms with Crippen molar-refractivity contribution in [2.24, 2.45) is 0 Å². The Bertz CT molecular complexity index is 1190. The van der Waals surface area contributed by atoms with Crippen LogP contribution < -0.4 is 10.2 Å². The van der Waals surface area contributed by atoms with Crippen molar-refractivity contribution >= 4 is 28.8 Å². The summed E-state index contributed by atoms with van der Waals surface area (Å²) < 4.78 is 5.15. The van der Waals surface area contributed by atoms with Crippen LogP contribution in [0.25, 0.3) is 11.4 Å².